The van der Waals surface area contributed by atoms with Crippen molar-refractivity contribution in [2.75, 3.05) is 0 Å². The molecule has 0 radical (unpaired) electrons. The molecule has 11 nitrogen and oxygen atoms in total. The van der Waals surface area contributed by atoms with Crippen LogP contribution in [0, 0.1) is 0 Å². The number of ether oxygens (including phenoxy) is 4. The first-order chi connectivity index (χ1) is 12.5. The van der Waals surface area contributed by atoms with Crippen LogP contribution >= 0.6 is 0 Å². The molecule has 1 heterocycles. The van der Waals surface area contributed by atoms with Gasteiger partial charge in [0, 0.05) is 27.2 Å². The summed E-state index contributed by atoms with van der Waals surface area (Å²) < 4.78 is 21.0. The van der Waals surface area contributed by atoms with Gasteiger partial charge in [-0.3, -0.25) is 24.0 Å². The molecule has 0 aliphatic carbocycles. The SMILES string of the molecule is CC(=O)O[C@@H]1[C@H](OC(C)=O)[C@H](C)O[C@H](NC(=O)CCC(=O)O)[C@H]1OC(C)=O. The molecule has 0 aromatic heterocycles. The van der Waals surface area contributed by atoms with Crippen LogP contribution in [-0.2, 0) is 42.9 Å². The minimum atomic E-state index is -1.30. The number of carboxylic acids is 1. The highest BCUT2D eigenvalue weighted by atomic mass is 16.7. The van der Waals surface area contributed by atoms with Gasteiger partial charge in [0.15, 0.2) is 24.5 Å². The molecule has 0 saturated carbocycles. The maximum absolute atomic E-state index is 12.0. The summed E-state index contributed by atoms with van der Waals surface area (Å²) in [4.78, 5) is 56.9. The molecule has 1 rings (SSSR count). The molecular formula is C16H23NO10. The topological polar surface area (TPSA) is 155 Å². The van der Waals surface area contributed by atoms with Crippen LogP contribution in [0.5, 0.6) is 0 Å². The van der Waals surface area contributed by atoms with Crippen LogP contribution < -0.4 is 5.32 Å². The Morgan fingerprint density at radius 3 is 1.81 bits per heavy atom. The molecule has 5 atom stereocenters. The lowest BCUT2D eigenvalue weighted by Gasteiger charge is -2.43. The predicted molar refractivity (Wildman–Crippen MR) is 86.0 cm³/mol. The summed E-state index contributed by atoms with van der Waals surface area (Å²) in [5.74, 6) is -3.97. The molecule has 1 fully saturated rings. The average molecular weight is 389 g/mol. The molecule has 152 valence electrons. The van der Waals surface area contributed by atoms with E-state index < -0.39 is 66.8 Å². The number of aliphatic carboxylic acids is 1. The monoisotopic (exact) mass is 389 g/mol. The van der Waals surface area contributed by atoms with Crippen LogP contribution in [0.1, 0.15) is 40.5 Å². The Morgan fingerprint density at radius 1 is 0.852 bits per heavy atom. The smallest absolute Gasteiger partial charge is 0.303 e. The predicted octanol–water partition coefficient (Wildman–Crippen LogP) is -0.493. The van der Waals surface area contributed by atoms with Crippen LogP contribution in [0.15, 0.2) is 0 Å². The van der Waals surface area contributed by atoms with E-state index in [1.165, 1.54) is 6.92 Å². The van der Waals surface area contributed by atoms with Crippen molar-refractivity contribution in [1.82, 2.24) is 5.32 Å². The number of rotatable bonds is 7. The summed E-state index contributed by atoms with van der Waals surface area (Å²) in [6, 6.07) is 0. The first-order valence-electron chi connectivity index (χ1n) is 8.19. The molecule has 0 aromatic carbocycles. The molecule has 0 spiro atoms. The Morgan fingerprint density at radius 2 is 1.33 bits per heavy atom. The second-order valence-electron chi connectivity index (χ2n) is 5.95. The number of hydrogen-bond acceptors (Lipinski definition) is 9. The van der Waals surface area contributed by atoms with Crippen LogP contribution in [0.2, 0.25) is 0 Å². The number of carboxylic acid groups (broad SMARTS) is 1. The number of esters is 3. The summed E-state index contributed by atoms with van der Waals surface area (Å²) in [6.45, 7) is 4.89. The van der Waals surface area contributed by atoms with E-state index in [0.29, 0.717) is 0 Å². The Balaban J connectivity index is 3.08. The van der Waals surface area contributed by atoms with Gasteiger partial charge in [-0.15, -0.1) is 0 Å². The van der Waals surface area contributed by atoms with E-state index in [9.17, 15) is 24.0 Å². The zero-order valence-electron chi connectivity index (χ0n) is 15.4. The second-order valence-corrected chi connectivity index (χ2v) is 5.95. The van der Waals surface area contributed by atoms with Crippen molar-refractivity contribution in [1.29, 1.82) is 0 Å². The third-order valence-corrected chi connectivity index (χ3v) is 3.55. The summed E-state index contributed by atoms with van der Waals surface area (Å²) in [6.07, 6.45) is -6.42. The van der Waals surface area contributed by atoms with Crippen LogP contribution in [0.4, 0.5) is 0 Å². The van der Waals surface area contributed by atoms with Crippen molar-refractivity contribution in [3.63, 3.8) is 0 Å². The molecule has 11 heteroatoms. The van der Waals surface area contributed by atoms with Gasteiger partial charge < -0.3 is 29.4 Å². The van der Waals surface area contributed by atoms with Gasteiger partial charge in [-0.25, -0.2) is 0 Å². The molecule has 0 bridgehead atoms. The lowest BCUT2D eigenvalue weighted by Crippen LogP contribution is -2.64. The Kier molecular flexibility index (Phi) is 8.16. The number of carbonyl (C=O) groups excluding carboxylic acids is 4. The Hall–Kier alpha value is -2.69. The average Bonchev–Trinajstić information content (AvgIpc) is 2.51. The minimum absolute atomic E-state index is 0.331. The van der Waals surface area contributed by atoms with E-state index in [-0.39, 0.29) is 6.42 Å². The number of nitrogens with one attached hydrogen (secondary N) is 1. The molecule has 1 aliphatic rings. The van der Waals surface area contributed by atoms with Crippen molar-refractivity contribution in [3.05, 3.63) is 0 Å². The summed E-state index contributed by atoms with van der Waals surface area (Å²) in [7, 11) is 0. The van der Waals surface area contributed by atoms with Gasteiger partial charge in [0.05, 0.1) is 12.5 Å². The highest BCUT2D eigenvalue weighted by Gasteiger charge is 2.50. The normalized spacial score (nSPS) is 27.2. The zero-order valence-corrected chi connectivity index (χ0v) is 15.4. The van der Waals surface area contributed by atoms with Gasteiger partial charge in [-0.2, -0.15) is 0 Å². The van der Waals surface area contributed by atoms with Crippen molar-refractivity contribution in [2.45, 2.75) is 71.2 Å². The molecular weight excluding hydrogens is 366 g/mol. The number of carbonyl (C=O) groups is 5. The van der Waals surface area contributed by atoms with Gasteiger partial charge in [0.25, 0.3) is 0 Å². The van der Waals surface area contributed by atoms with Crippen molar-refractivity contribution < 1.29 is 48.0 Å². The fourth-order valence-corrected chi connectivity index (χ4v) is 2.58. The molecule has 0 unspecified atom stereocenters. The molecule has 1 saturated heterocycles. The van der Waals surface area contributed by atoms with E-state index in [1.54, 1.807) is 0 Å². The van der Waals surface area contributed by atoms with Gasteiger partial charge >= 0.3 is 23.9 Å². The molecule has 1 amide bonds. The second kappa shape index (κ2) is 9.86. The lowest BCUT2D eigenvalue weighted by atomic mass is 9.97. The molecule has 0 aromatic rings. The van der Waals surface area contributed by atoms with Crippen molar-refractivity contribution >= 4 is 29.8 Å². The molecule has 1 aliphatic heterocycles. The first kappa shape index (κ1) is 22.4. The van der Waals surface area contributed by atoms with Crippen LogP contribution in [0.25, 0.3) is 0 Å². The Bertz CT molecular complexity index is 604. The van der Waals surface area contributed by atoms with Crippen molar-refractivity contribution in [3.8, 4) is 0 Å². The van der Waals surface area contributed by atoms with Gasteiger partial charge in [-0.05, 0) is 6.92 Å². The Labute approximate surface area is 155 Å². The third kappa shape index (κ3) is 7.21. The summed E-state index contributed by atoms with van der Waals surface area (Å²) in [5.41, 5.74) is 0. The van der Waals surface area contributed by atoms with Crippen LogP contribution in [0.3, 0.4) is 0 Å². The van der Waals surface area contributed by atoms with E-state index in [0.717, 1.165) is 20.8 Å². The standard InChI is InChI=1S/C16H23NO10/c1-7-13(25-8(2)18)14(26-9(3)19)15(27-10(4)20)16(24-7)17-11(21)5-6-12(22)23/h7,13-16H,5-6H2,1-4H3,(H,17,21)(H,22,23)/t7-,13+,14+,15-,16-/m0/s1. The van der Waals surface area contributed by atoms with E-state index in [1.807, 2.05) is 0 Å². The highest BCUT2D eigenvalue weighted by molar-refractivity contribution is 5.80. The van der Waals surface area contributed by atoms with Crippen molar-refractivity contribution in [2.24, 2.45) is 0 Å². The highest BCUT2D eigenvalue weighted by Crippen LogP contribution is 2.27. The third-order valence-electron chi connectivity index (χ3n) is 3.55. The minimum Gasteiger partial charge on any atom is -0.481 e. The summed E-state index contributed by atoms with van der Waals surface area (Å²) in [5, 5.41) is 11.1. The number of hydrogen-bond donors (Lipinski definition) is 2. The van der Waals surface area contributed by atoms with Gasteiger partial charge in [-0.1, -0.05) is 0 Å². The number of amides is 1. The fourth-order valence-electron chi connectivity index (χ4n) is 2.58. The van der Waals surface area contributed by atoms with E-state index in [4.69, 9.17) is 24.1 Å². The fraction of sp³-hybridized carbons (Fsp3) is 0.688. The maximum Gasteiger partial charge on any atom is 0.303 e. The molecule has 27 heavy (non-hydrogen) atoms. The first-order valence-corrected chi connectivity index (χ1v) is 8.19. The van der Waals surface area contributed by atoms with E-state index in [2.05, 4.69) is 5.32 Å². The van der Waals surface area contributed by atoms with Gasteiger partial charge in [0.1, 0.15) is 0 Å². The van der Waals surface area contributed by atoms with E-state index >= 15 is 0 Å². The van der Waals surface area contributed by atoms with Crippen LogP contribution in [-0.4, -0.2) is 65.5 Å². The maximum atomic E-state index is 12.0. The lowest BCUT2D eigenvalue weighted by molar-refractivity contribution is -0.248. The van der Waals surface area contributed by atoms with Gasteiger partial charge in [0.2, 0.25) is 5.91 Å². The summed E-state index contributed by atoms with van der Waals surface area (Å²) >= 11 is 0. The largest absolute Gasteiger partial charge is 0.481 e. The molecule has 2 N–H and O–H groups in total. The zero-order chi connectivity index (χ0) is 20.7. The quantitative estimate of drug-likeness (QED) is 0.430.